The first-order chi connectivity index (χ1) is 7.27. The first-order valence-electron chi connectivity index (χ1n) is 5.41. The predicted molar refractivity (Wildman–Crippen MR) is 58.2 cm³/mol. The van der Waals surface area contributed by atoms with E-state index < -0.39 is 0 Å². The highest BCUT2D eigenvalue weighted by Crippen LogP contribution is 2.34. The summed E-state index contributed by atoms with van der Waals surface area (Å²) in [6.45, 7) is 2.94. The fourth-order valence-electron chi connectivity index (χ4n) is 2.27. The van der Waals surface area contributed by atoms with Crippen molar-refractivity contribution < 1.29 is 4.79 Å². The van der Waals surface area contributed by atoms with E-state index in [1.807, 2.05) is 23.1 Å². The Morgan fingerprint density at radius 2 is 2.33 bits per heavy atom. The van der Waals surface area contributed by atoms with E-state index >= 15 is 0 Å². The number of piperidine rings is 1. The zero-order valence-corrected chi connectivity index (χ0v) is 9.02. The maximum absolute atomic E-state index is 11.0. The third-order valence-electron chi connectivity index (χ3n) is 3.29. The third-order valence-corrected chi connectivity index (χ3v) is 3.29. The van der Waals surface area contributed by atoms with Gasteiger partial charge in [-0.1, -0.05) is 6.07 Å². The molecule has 0 saturated carbocycles. The van der Waals surface area contributed by atoms with E-state index in [1.165, 1.54) is 0 Å². The summed E-state index contributed by atoms with van der Waals surface area (Å²) < 4.78 is 0. The molecule has 1 amide bonds. The van der Waals surface area contributed by atoms with Crippen molar-refractivity contribution in [2.75, 3.05) is 6.54 Å². The summed E-state index contributed by atoms with van der Waals surface area (Å²) >= 11 is 0. The minimum absolute atomic E-state index is 0.207. The summed E-state index contributed by atoms with van der Waals surface area (Å²) in [5, 5.41) is 0. The van der Waals surface area contributed by atoms with Gasteiger partial charge in [0.1, 0.15) is 0 Å². The summed E-state index contributed by atoms with van der Waals surface area (Å²) in [4.78, 5) is 17.3. The molecule has 0 N–H and O–H groups in total. The van der Waals surface area contributed by atoms with Crippen molar-refractivity contribution in [2.24, 2.45) is 0 Å². The Morgan fingerprint density at radius 3 is 3.00 bits per heavy atom. The molecule has 1 fully saturated rings. The largest absolute Gasteiger partial charge is 0.334 e. The normalized spacial score (nSPS) is 26.3. The van der Waals surface area contributed by atoms with Crippen LogP contribution in [0.15, 0.2) is 24.4 Å². The summed E-state index contributed by atoms with van der Waals surface area (Å²) in [6, 6.07) is 5.88. The van der Waals surface area contributed by atoms with Gasteiger partial charge in [-0.25, -0.2) is 0 Å². The number of carbonyl (C=O) groups is 1. The molecule has 1 unspecified atom stereocenters. The van der Waals surface area contributed by atoms with E-state index in [0.29, 0.717) is 0 Å². The Balaban J connectivity index is 2.34. The monoisotopic (exact) mass is 204 g/mol. The second-order valence-corrected chi connectivity index (χ2v) is 4.24. The zero-order valence-electron chi connectivity index (χ0n) is 9.02. The Kier molecular flexibility index (Phi) is 2.71. The van der Waals surface area contributed by atoms with Crippen LogP contribution in [-0.2, 0) is 10.3 Å². The summed E-state index contributed by atoms with van der Waals surface area (Å²) in [7, 11) is 0. The molecule has 15 heavy (non-hydrogen) atoms. The van der Waals surface area contributed by atoms with Crippen LogP contribution in [0.5, 0.6) is 0 Å². The minimum atomic E-state index is -0.207. The second-order valence-electron chi connectivity index (χ2n) is 4.24. The maximum Gasteiger partial charge on any atom is 0.210 e. The lowest BCUT2D eigenvalue weighted by molar-refractivity contribution is -0.126. The van der Waals surface area contributed by atoms with Crippen LogP contribution in [0.1, 0.15) is 31.9 Å². The molecule has 80 valence electrons. The van der Waals surface area contributed by atoms with Gasteiger partial charge in [0.05, 0.1) is 11.2 Å². The molecule has 1 aliphatic rings. The van der Waals surface area contributed by atoms with Gasteiger partial charge in [-0.2, -0.15) is 0 Å². The lowest BCUT2D eigenvalue weighted by atomic mass is 9.85. The number of rotatable bonds is 2. The maximum atomic E-state index is 11.0. The van der Waals surface area contributed by atoms with E-state index in [-0.39, 0.29) is 5.54 Å². The molecule has 2 rings (SSSR count). The Labute approximate surface area is 90.1 Å². The zero-order chi connectivity index (χ0) is 10.7. The van der Waals surface area contributed by atoms with E-state index in [2.05, 4.69) is 11.9 Å². The summed E-state index contributed by atoms with van der Waals surface area (Å²) in [5.41, 5.74) is 0.790. The average Bonchev–Trinajstić information content (AvgIpc) is 2.31. The van der Waals surface area contributed by atoms with E-state index in [1.54, 1.807) is 6.20 Å². The molecule has 0 aliphatic carbocycles. The van der Waals surface area contributed by atoms with Crippen molar-refractivity contribution in [2.45, 2.75) is 31.7 Å². The fourth-order valence-corrected chi connectivity index (χ4v) is 2.27. The molecular formula is C12H16N2O. The number of aromatic nitrogens is 1. The number of hydrogen-bond donors (Lipinski definition) is 0. The van der Waals surface area contributed by atoms with Gasteiger partial charge in [-0.15, -0.1) is 0 Å². The van der Waals surface area contributed by atoms with Crippen LogP contribution < -0.4 is 0 Å². The van der Waals surface area contributed by atoms with Gasteiger partial charge in [-0.05, 0) is 38.3 Å². The third kappa shape index (κ3) is 1.74. The molecule has 0 bridgehead atoms. The lowest BCUT2D eigenvalue weighted by Gasteiger charge is -2.42. The van der Waals surface area contributed by atoms with Crippen molar-refractivity contribution in [3.05, 3.63) is 30.1 Å². The highest BCUT2D eigenvalue weighted by molar-refractivity contribution is 5.50. The number of pyridine rings is 1. The number of hydrogen-bond acceptors (Lipinski definition) is 2. The van der Waals surface area contributed by atoms with Crippen molar-refractivity contribution >= 4 is 6.41 Å². The van der Waals surface area contributed by atoms with Crippen molar-refractivity contribution in [3.63, 3.8) is 0 Å². The number of nitrogens with zero attached hydrogens (tertiary/aromatic N) is 2. The van der Waals surface area contributed by atoms with Gasteiger partial charge in [0.2, 0.25) is 6.41 Å². The molecule has 1 aliphatic heterocycles. The topological polar surface area (TPSA) is 33.2 Å². The number of amides is 1. The first kappa shape index (κ1) is 10.1. The van der Waals surface area contributed by atoms with Crippen LogP contribution in [0.25, 0.3) is 0 Å². The molecule has 0 spiro atoms. The van der Waals surface area contributed by atoms with Crippen molar-refractivity contribution in [1.82, 2.24) is 9.88 Å². The molecule has 3 nitrogen and oxygen atoms in total. The number of likely N-dealkylation sites (tertiary alicyclic amines) is 1. The van der Waals surface area contributed by atoms with Crippen LogP contribution in [-0.4, -0.2) is 22.8 Å². The van der Waals surface area contributed by atoms with E-state index in [4.69, 9.17) is 0 Å². The van der Waals surface area contributed by atoms with Crippen LogP contribution in [0, 0.1) is 0 Å². The molecule has 1 aromatic rings. The van der Waals surface area contributed by atoms with E-state index in [0.717, 1.165) is 37.9 Å². The fraction of sp³-hybridized carbons (Fsp3) is 0.500. The van der Waals surface area contributed by atoms with Gasteiger partial charge >= 0.3 is 0 Å². The Hall–Kier alpha value is -1.38. The van der Waals surface area contributed by atoms with Gasteiger partial charge in [0.25, 0.3) is 0 Å². The second kappa shape index (κ2) is 4.01. The molecular weight excluding hydrogens is 188 g/mol. The molecule has 3 heteroatoms. The minimum Gasteiger partial charge on any atom is -0.334 e. The Morgan fingerprint density at radius 1 is 1.47 bits per heavy atom. The summed E-state index contributed by atoms with van der Waals surface area (Å²) in [6.07, 6.45) is 6.01. The van der Waals surface area contributed by atoms with Gasteiger partial charge in [-0.3, -0.25) is 9.78 Å². The quantitative estimate of drug-likeness (QED) is 0.690. The van der Waals surface area contributed by atoms with Crippen LogP contribution in [0.2, 0.25) is 0 Å². The highest BCUT2D eigenvalue weighted by atomic mass is 16.1. The molecule has 1 atom stereocenters. The Bertz CT molecular complexity index is 339. The standard InChI is InChI=1S/C12H16N2O/c1-12(11-6-2-4-8-13-11)7-3-5-9-14(12)10-15/h2,4,6,8,10H,3,5,7,9H2,1H3. The lowest BCUT2D eigenvalue weighted by Crippen LogP contribution is -2.46. The van der Waals surface area contributed by atoms with Gasteiger partial charge < -0.3 is 4.90 Å². The van der Waals surface area contributed by atoms with Gasteiger partial charge in [0.15, 0.2) is 0 Å². The highest BCUT2D eigenvalue weighted by Gasteiger charge is 2.36. The van der Waals surface area contributed by atoms with Crippen LogP contribution in [0.4, 0.5) is 0 Å². The molecule has 1 saturated heterocycles. The van der Waals surface area contributed by atoms with E-state index in [9.17, 15) is 4.79 Å². The van der Waals surface area contributed by atoms with Crippen LogP contribution in [0.3, 0.4) is 0 Å². The van der Waals surface area contributed by atoms with Crippen LogP contribution >= 0.6 is 0 Å². The van der Waals surface area contributed by atoms with Crippen molar-refractivity contribution in [3.8, 4) is 0 Å². The first-order valence-corrected chi connectivity index (χ1v) is 5.41. The number of carbonyl (C=O) groups excluding carboxylic acids is 1. The SMILES string of the molecule is CC1(c2ccccn2)CCCCN1C=O. The molecule has 2 heterocycles. The molecule has 0 aromatic carbocycles. The predicted octanol–water partition coefficient (Wildman–Crippen LogP) is 1.94. The molecule has 1 aromatic heterocycles. The van der Waals surface area contributed by atoms with Crippen molar-refractivity contribution in [1.29, 1.82) is 0 Å². The average molecular weight is 204 g/mol. The summed E-state index contributed by atoms with van der Waals surface area (Å²) in [5.74, 6) is 0. The molecule has 0 radical (unpaired) electrons. The van der Waals surface area contributed by atoms with Gasteiger partial charge in [0, 0.05) is 12.7 Å². The smallest absolute Gasteiger partial charge is 0.210 e.